The molecule has 1 aromatic carbocycles. The molecule has 2 rings (SSSR count). The predicted molar refractivity (Wildman–Crippen MR) is 62.7 cm³/mol. The van der Waals surface area contributed by atoms with Crippen molar-refractivity contribution < 1.29 is 4.74 Å². The largest absolute Gasteiger partial charge is 0.494 e. The van der Waals surface area contributed by atoms with Crippen LogP contribution in [0, 0.1) is 0 Å². The van der Waals surface area contributed by atoms with Crippen molar-refractivity contribution in [1.29, 1.82) is 0 Å². The normalized spacial score (nSPS) is 15.9. The number of ether oxygens (including phenoxy) is 1. The Morgan fingerprint density at radius 3 is 2.47 bits per heavy atom. The summed E-state index contributed by atoms with van der Waals surface area (Å²) < 4.78 is 5.41. The van der Waals surface area contributed by atoms with Crippen LogP contribution in [0.3, 0.4) is 0 Å². The molecule has 3 nitrogen and oxygen atoms in total. The van der Waals surface area contributed by atoms with Gasteiger partial charge in [-0.05, 0) is 31.2 Å². The Kier molecular flexibility index (Phi) is 3.11. The van der Waals surface area contributed by atoms with Crippen LogP contribution in [0.4, 0.5) is 5.69 Å². The van der Waals surface area contributed by atoms with Crippen LogP contribution in [0.1, 0.15) is 6.92 Å². The second-order valence-electron chi connectivity index (χ2n) is 3.85. The van der Waals surface area contributed by atoms with Crippen LogP contribution < -0.4 is 15.0 Å². The summed E-state index contributed by atoms with van der Waals surface area (Å²) in [5, 5.41) is 3.28. The highest BCUT2D eigenvalue weighted by molar-refractivity contribution is 5.49. The van der Waals surface area contributed by atoms with Gasteiger partial charge in [0.25, 0.3) is 0 Å². The molecule has 0 atom stereocenters. The quantitative estimate of drug-likeness (QED) is 0.808. The average molecular weight is 206 g/mol. The first-order chi connectivity index (χ1) is 7.31. The first-order valence-corrected chi connectivity index (χ1v) is 5.47. The van der Waals surface area contributed by atoms with E-state index in [4.69, 9.17) is 4.74 Å². The lowest BCUT2D eigenvalue weighted by molar-refractivity contribution is 0.340. The minimum absolute atomic E-state index is 0.642. The molecule has 1 N–H and O–H groups in total. The summed E-state index contributed by atoms with van der Waals surface area (Å²) in [6, 6.07) is 8.93. The molecule has 3 heteroatoms. The average Bonchev–Trinajstić information content (AvgIpc) is 2.16. The van der Waals surface area contributed by atoms with E-state index in [2.05, 4.69) is 29.4 Å². The van der Waals surface area contributed by atoms with E-state index in [9.17, 15) is 0 Å². The molecule has 0 aromatic heterocycles. The third-order valence-corrected chi connectivity index (χ3v) is 2.86. The van der Waals surface area contributed by atoms with Crippen molar-refractivity contribution >= 4 is 5.69 Å². The maximum Gasteiger partial charge on any atom is 0.119 e. The zero-order valence-corrected chi connectivity index (χ0v) is 9.36. The van der Waals surface area contributed by atoms with E-state index < -0.39 is 0 Å². The lowest BCUT2D eigenvalue weighted by Gasteiger charge is -2.37. The zero-order chi connectivity index (χ0) is 10.7. The highest BCUT2D eigenvalue weighted by atomic mass is 16.5. The number of hydrogen-bond donors (Lipinski definition) is 1. The van der Waals surface area contributed by atoms with Crippen molar-refractivity contribution in [3.8, 4) is 5.75 Å². The molecule has 1 aliphatic heterocycles. The van der Waals surface area contributed by atoms with Crippen LogP contribution in [0.5, 0.6) is 5.75 Å². The number of hydrogen-bond acceptors (Lipinski definition) is 3. The van der Waals surface area contributed by atoms with Crippen LogP contribution in [0.25, 0.3) is 0 Å². The van der Waals surface area contributed by atoms with Gasteiger partial charge in [0.2, 0.25) is 0 Å². The summed E-state index contributed by atoms with van der Waals surface area (Å²) >= 11 is 0. The van der Waals surface area contributed by atoms with Gasteiger partial charge in [-0.15, -0.1) is 0 Å². The van der Waals surface area contributed by atoms with Crippen LogP contribution in [-0.2, 0) is 0 Å². The number of rotatable bonds is 4. The van der Waals surface area contributed by atoms with Crippen molar-refractivity contribution in [3.05, 3.63) is 24.3 Å². The van der Waals surface area contributed by atoms with E-state index in [1.54, 1.807) is 0 Å². The van der Waals surface area contributed by atoms with Gasteiger partial charge in [-0.2, -0.15) is 0 Å². The van der Waals surface area contributed by atoms with Gasteiger partial charge < -0.3 is 15.0 Å². The topological polar surface area (TPSA) is 24.5 Å². The van der Waals surface area contributed by atoms with Crippen LogP contribution in [0.15, 0.2) is 24.3 Å². The highest BCUT2D eigenvalue weighted by Crippen LogP contribution is 2.20. The lowest BCUT2D eigenvalue weighted by Crippen LogP contribution is -2.56. The Hall–Kier alpha value is -1.22. The molecule has 0 saturated carbocycles. The van der Waals surface area contributed by atoms with Gasteiger partial charge >= 0.3 is 0 Å². The summed E-state index contributed by atoms with van der Waals surface area (Å²) in [6.45, 7) is 4.90. The monoisotopic (exact) mass is 206 g/mol. The first kappa shape index (κ1) is 10.3. The number of likely N-dealkylation sites (N-methyl/N-ethyl adjacent to an activating group) is 1. The van der Waals surface area contributed by atoms with E-state index >= 15 is 0 Å². The summed E-state index contributed by atoms with van der Waals surface area (Å²) in [6.07, 6.45) is 0. The molecule has 0 radical (unpaired) electrons. The Morgan fingerprint density at radius 1 is 1.33 bits per heavy atom. The van der Waals surface area contributed by atoms with Crippen molar-refractivity contribution in [2.75, 3.05) is 31.6 Å². The van der Waals surface area contributed by atoms with Gasteiger partial charge in [0.05, 0.1) is 12.6 Å². The van der Waals surface area contributed by atoms with Crippen LogP contribution >= 0.6 is 0 Å². The van der Waals surface area contributed by atoms with Gasteiger partial charge in [0.15, 0.2) is 0 Å². The van der Waals surface area contributed by atoms with Crippen molar-refractivity contribution in [2.24, 2.45) is 0 Å². The maximum atomic E-state index is 5.41. The van der Waals surface area contributed by atoms with Gasteiger partial charge in [-0.1, -0.05) is 0 Å². The van der Waals surface area contributed by atoms with Crippen molar-refractivity contribution in [2.45, 2.75) is 13.0 Å². The highest BCUT2D eigenvalue weighted by Gasteiger charge is 2.21. The molecule has 0 amide bonds. The molecule has 1 aromatic rings. The minimum Gasteiger partial charge on any atom is -0.494 e. The summed E-state index contributed by atoms with van der Waals surface area (Å²) in [5.41, 5.74) is 1.25. The van der Waals surface area contributed by atoms with E-state index in [0.717, 1.165) is 25.4 Å². The molecule has 0 aliphatic carbocycles. The lowest BCUT2D eigenvalue weighted by atomic mass is 10.1. The van der Waals surface area contributed by atoms with E-state index in [1.165, 1.54) is 5.69 Å². The molecular weight excluding hydrogens is 188 g/mol. The number of nitrogens with one attached hydrogen (secondary N) is 1. The maximum absolute atomic E-state index is 5.41. The van der Waals surface area contributed by atoms with Crippen molar-refractivity contribution in [1.82, 2.24) is 5.32 Å². The van der Waals surface area contributed by atoms with Gasteiger partial charge in [-0.3, -0.25) is 0 Å². The standard InChI is InChI=1S/C12H18N2O/c1-3-15-12-6-4-10(5-7-12)14(2)11-8-13-9-11/h4-7,11,13H,3,8-9H2,1-2H3. The Balaban J connectivity index is 2.02. The summed E-state index contributed by atoms with van der Waals surface area (Å²) in [5.74, 6) is 0.946. The first-order valence-electron chi connectivity index (χ1n) is 5.47. The number of benzene rings is 1. The van der Waals surface area contributed by atoms with Crippen LogP contribution in [-0.4, -0.2) is 32.8 Å². The van der Waals surface area contributed by atoms with Crippen LogP contribution in [0.2, 0.25) is 0 Å². The van der Waals surface area contributed by atoms with Gasteiger partial charge in [-0.25, -0.2) is 0 Å². The van der Waals surface area contributed by atoms with Gasteiger partial charge in [0, 0.05) is 25.8 Å². The Bertz CT molecular complexity index is 306. The molecule has 1 aliphatic rings. The molecule has 15 heavy (non-hydrogen) atoms. The van der Waals surface area contributed by atoms with Gasteiger partial charge in [0.1, 0.15) is 5.75 Å². The smallest absolute Gasteiger partial charge is 0.119 e. The molecule has 0 spiro atoms. The summed E-state index contributed by atoms with van der Waals surface area (Å²) in [7, 11) is 2.14. The Labute approximate surface area is 91.0 Å². The predicted octanol–water partition coefficient (Wildman–Crippen LogP) is 1.49. The van der Waals surface area contributed by atoms with Crippen molar-refractivity contribution in [3.63, 3.8) is 0 Å². The molecule has 1 saturated heterocycles. The number of nitrogens with zero attached hydrogens (tertiary/aromatic N) is 1. The molecular formula is C12H18N2O. The molecule has 0 bridgehead atoms. The molecule has 1 heterocycles. The van der Waals surface area contributed by atoms with E-state index in [0.29, 0.717) is 6.04 Å². The molecule has 82 valence electrons. The second kappa shape index (κ2) is 4.53. The fourth-order valence-corrected chi connectivity index (χ4v) is 1.70. The SMILES string of the molecule is CCOc1ccc(N(C)C2CNC2)cc1. The van der Waals surface area contributed by atoms with E-state index in [1.807, 2.05) is 19.1 Å². The summed E-state index contributed by atoms with van der Waals surface area (Å²) in [4.78, 5) is 2.31. The fourth-order valence-electron chi connectivity index (χ4n) is 1.70. The molecule has 1 fully saturated rings. The minimum atomic E-state index is 0.642. The zero-order valence-electron chi connectivity index (χ0n) is 9.36. The molecule has 0 unspecified atom stereocenters. The Morgan fingerprint density at radius 2 is 2.00 bits per heavy atom. The second-order valence-corrected chi connectivity index (χ2v) is 3.85. The number of anilines is 1. The van der Waals surface area contributed by atoms with E-state index in [-0.39, 0.29) is 0 Å². The third-order valence-electron chi connectivity index (χ3n) is 2.86. The third kappa shape index (κ3) is 2.23. The fraction of sp³-hybridized carbons (Fsp3) is 0.500.